The maximum absolute atomic E-state index is 12.2. The molecule has 27 heavy (non-hydrogen) atoms. The highest BCUT2D eigenvalue weighted by Gasteiger charge is 2.18. The number of hydrogen-bond donors (Lipinski definition) is 3. The average molecular weight is 426 g/mol. The van der Waals surface area contributed by atoms with Crippen LogP contribution in [0.3, 0.4) is 0 Å². The number of thiocarbonyl (C=S) groups is 1. The van der Waals surface area contributed by atoms with E-state index in [1.54, 1.807) is 24.3 Å². The molecule has 9 heteroatoms. The zero-order chi connectivity index (χ0) is 20.0. The number of nitrogens with one attached hydrogen (secondary N) is 3. The Balaban J connectivity index is 1.85. The van der Waals surface area contributed by atoms with Gasteiger partial charge in [0.2, 0.25) is 0 Å². The summed E-state index contributed by atoms with van der Waals surface area (Å²) in [5.74, 6) is -0.568. The molecule has 2 amide bonds. The number of rotatable bonds is 4. The van der Waals surface area contributed by atoms with Crippen LogP contribution >= 0.6 is 35.4 Å². The Labute approximate surface area is 172 Å². The van der Waals surface area contributed by atoms with Gasteiger partial charge in [0.15, 0.2) is 11.2 Å². The van der Waals surface area contributed by atoms with Crippen molar-refractivity contribution < 1.29 is 14.3 Å². The van der Waals surface area contributed by atoms with E-state index in [9.17, 15) is 9.59 Å². The predicted octanol–water partition coefficient (Wildman–Crippen LogP) is 3.40. The number of benzene rings is 2. The lowest BCUT2D eigenvalue weighted by molar-refractivity contribution is -0.125. The molecule has 2 aromatic carbocycles. The van der Waals surface area contributed by atoms with E-state index in [0.717, 1.165) is 5.56 Å². The number of carbonyl (C=O) groups excluding carboxylic acids is 2. The molecule has 142 valence electrons. The molecule has 0 aliphatic heterocycles. The van der Waals surface area contributed by atoms with Crippen LogP contribution in [-0.4, -0.2) is 23.0 Å². The third-order valence-electron chi connectivity index (χ3n) is 3.48. The van der Waals surface area contributed by atoms with E-state index < -0.39 is 12.0 Å². The molecule has 2 rings (SSSR count). The molecule has 6 nitrogen and oxygen atoms in total. The minimum Gasteiger partial charge on any atom is -0.479 e. The topological polar surface area (TPSA) is 79.5 Å². The fourth-order valence-electron chi connectivity index (χ4n) is 2.07. The van der Waals surface area contributed by atoms with Gasteiger partial charge >= 0.3 is 0 Å². The normalized spacial score (nSPS) is 11.3. The molecular formula is C18H17Cl2N3O3S. The molecule has 0 spiro atoms. The summed E-state index contributed by atoms with van der Waals surface area (Å²) in [6.07, 6.45) is -0.879. The van der Waals surface area contributed by atoms with Gasteiger partial charge in [-0.3, -0.25) is 25.8 Å². The molecule has 0 fully saturated rings. The Bertz CT molecular complexity index is 877. The van der Waals surface area contributed by atoms with Crippen LogP contribution < -0.4 is 20.9 Å². The van der Waals surface area contributed by atoms with Gasteiger partial charge in [-0.25, -0.2) is 0 Å². The molecule has 0 aliphatic carbocycles. The van der Waals surface area contributed by atoms with Crippen LogP contribution in [0.4, 0.5) is 0 Å². The molecule has 0 radical (unpaired) electrons. The van der Waals surface area contributed by atoms with Crippen LogP contribution in [0.15, 0.2) is 42.5 Å². The maximum Gasteiger partial charge on any atom is 0.269 e. The summed E-state index contributed by atoms with van der Waals surface area (Å²) in [6, 6.07) is 11.8. The Morgan fingerprint density at radius 2 is 1.81 bits per heavy atom. The third kappa shape index (κ3) is 6.09. The lowest BCUT2D eigenvalue weighted by atomic mass is 10.1. The number of hydrazine groups is 1. The Hall–Kier alpha value is -2.35. The van der Waals surface area contributed by atoms with Crippen LogP contribution in [0.1, 0.15) is 22.8 Å². The molecule has 2 aromatic rings. The fourth-order valence-corrected chi connectivity index (χ4v) is 2.67. The Kier molecular flexibility index (Phi) is 7.41. The van der Waals surface area contributed by atoms with Crippen LogP contribution in [0.5, 0.6) is 5.75 Å². The number of hydrogen-bond acceptors (Lipinski definition) is 4. The molecule has 0 aromatic heterocycles. The third-order valence-corrected chi connectivity index (χ3v) is 4.22. The second-order valence-electron chi connectivity index (χ2n) is 5.55. The number of carbonyl (C=O) groups is 2. The van der Waals surface area contributed by atoms with Gasteiger partial charge < -0.3 is 4.74 Å². The molecule has 1 unspecified atom stereocenters. The highest BCUT2D eigenvalue weighted by atomic mass is 35.5. The maximum atomic E-state index is 12.2. The van der Waals surface area contributed by atoms with Crippen molar-refractivity contribution in [2.75, 3.05) is 0 Å². The zero-order valence-corrected chi connectivity index (χ0v) is 16.8. The molecular weight excluding hydrogens is 409 g/mol. The summed E-state index contributed by atoms with van der Waals surface area (Å²) in [7, 11) is 0. The first-order valence-electron chi connectivity index (χ1n) is 7.86. The van der Waals surface area contributed by atoms with Gasteiger partial charge in [-0.1, -0.05) is 41.4 Å². The van der Waals surface area contributed by atoms with Gasteiger partial charge in [-0.15, -0.1) is 0 Å². The van der Waals surface area contributed by atoms with Gasteiger partial charge in [-0.2, -0.15) is 0 Å². The van der Waals surface area contributed by atoms with Crippen molar-refractivity contribution in [2.24, 2.45) is 0 Å². The van der Waals surface area contributed by atoms with Crippen LogP contribution in [0.25, 0.3) is 0 Å². The van der Waals surface area contributed by atoms with E-state index >= 15 is 0 Å². The van der Waals surface area contributed by atoms with Crippen molar-refractivity contribution in [1.82, 2.24) is 16.2 Å². The lowest BCUT2D eigenvalue weighted by Gasteiger charge is -2.17. The standard InChI is InChI=1S/C18H17Cl2N3O3S/c1-10-5-3-4-6-13(10)17(25)22-23-18(27)21-16(24)11(2)26-15-8-7-12(19)9-14(15)20/h3-9,11H,1-2H3,(H,22,25)(H2,21,23,24,27). The van der Waals surface area contributed by atoms with Crippen molar-refractivity contribution in [1.29, 1.82) is 0 Å². The van der Waals surface area contributed by atoms with Gasteiger partial charge in [0.1, 0.15) is 5.75 Å². The fraction of sp³-hybridized carbons (Fsp3) is 0.167. The monoisotopic (exact) mass is 425 g/mol. The minimum absolute atomic E-state index is 0.0698. The highest BCUT2D eigenvalue weighted by Crippen LogP contribution is 2.28. The van der Waals surface area contributed by atoms with Gasteiger partial charge in [0, 0.05) is 10.6 Å². The SMILES string of the molecule is Cc1ccccc1C(=O)NNC(=S)NC(=O)C(C)Oc1ccc(Cl)cc1Cl. The summed E-state index contributed by atoms with van der Waals surface area (Å²) in [6.45, 7) is 3.35. The molecule has 1 atom stereocenters. The summed E-state index contributed by atoms with van der Waals surface area (Å²) < 4.78 is 5.50. The highest BCUT2D eigenvalue weighted by molar-refractivity contribution is 7.80. The van der Waals surface area contributed by atoms with Crippen molar-refractivity contribution in [3.8, 4) is 5.75 Å². The molecule has 0 saturated heterocycles. The van der Waals surface area contributed by atoms with Gasteiger partial charge in [0.05, 0.1) is 5.02 Å². The average Bonchev–Trinajstić information content (AvgIpc) is 2.62. The first kappa shape index (κ1) is 21.0. The molecule has 0 bridgehead atoms. The van der Waals surface area contributed by atoms with E-state index in [1.165, 1.54) is 13.0 Å². The second-order valence-corrected chi connectivity index (χ2v) is 6.80. The zero-order valence-electron chi connectivity index (χ0n) is 14.5. The second kappa shape index (κ2) is 9.55. The number of aryl methyl sites for hydroxylation is 1. The summed E-state index contributed by atoms with van der Waals surface area (Å²) in [4.78, 5) is 24.3. The van der Waals surface area contributed by atoms with Crippen LogP contribution in [-0.2, 0) is 4.79 Å². The first-order chi connectivity index (χ1) is 12.8. The van der Waals surface area contributed by atoms with E-state index in [4.69, 9.17) is 40.2 Å². The van der Waals surface area contributed by atoms with Crippen LogP contribution in [0.2, 0.25) is 10.0 Å². The minimum atomic E-state index is -0.879. The van der Waals surface area contributed by atoms with Gasteiger partial charge in [0.25, 0.3) is 11.8 Å². The van der Waals surface area contributed by atoms with E-state index in [-0.39, 0.29) is 16.0 Å². The first-order valence-corrected chi connectivity index (χ1v) is 9.03. The van der Waals surface area contributed by atoms with Crippen molar-refractivity contribution in [3.63, 3.8) is 0 Å². The molecule has 3 N–H and O–H groups in total. The van der Waals surface area contributed by atoms with Crippen molar-refractivity contribution in [3.05, 3.63) is 63.6 Å². The van der Waals surface area contributed by atoms with Crippen molar-refractivity contribution >= 4 is 52.3 Å². The van der Waals surface area contributed by atoms with Crippen molar-refractivity contribution in [2.45, 2.75) is 20.0 Å². The van der Waals surface area contributed by atoms with Gasteiger partial charge in [-0.05, 0) is 55.9 Å². The van der Waals surface area contributed by atoms with E-state index in [0.29, 0.717) is 16.3 Å². The van der Waals surface area contributed by atoms with Crippen LogP contribution in [0, 0.1) is 6.92 Å². The quantitative estimate of drug-likeness (QED) is 0.516. The number of halogens is 2. The smallest absolute Gasteiger partial charge is 0.269 e. The summed E-state index contributed by atoms with van der Waals surface area (Å²) in [5, 5.41) is 3.10. The Morgan fingerprint density at radius 1 is 1.11 bits per heavy atom. The lowest BCUT2D eigenvalue weighted by Crippen LogP contribution is -2.51. The largest absolute Gasteiger partial charge is 0.479 e. The van der Waals surface area contributed by atoms with E-state index in [2.05, 4.69) is 16.2 Å². The molecule has 0 saturated carbocycles. The Morgan fingerprint density at radius 3 is 2.48 bits per heavy atom. The summed E-state index contributed by atoms with van der Waals surface area (Å²) >= 11 is 16.8. The van der Waals surface area contributed by atoms with E-state index in [1.807, 2.05) is 19.1 Å². The number of ether oxygens (including phenoxy) is 1. The predicted molar refractivity (Wildman–Crippen MR) is 109 cm³/mol. The molecule has 0 heterocycles. The summed E-state index contributed by atoms with van der Waals surface area (Å²) in [5.41, 5.74) is 6.21. The number of amides is 2. The molecule has 0 aliphatic rings.